The molecule has 1 aromatic heterocycles. The summed E-state index contributed by atoms with van der Waals surface area (Å²) in [6.07, 6.45) is 1.33. The van der Waals surface area contributed by atoms with Gasteiger partial charge in [-0.2, -0.15) is 5.26 Å². The first-order valence-corrected chi connectivity index (χ1v) is 6.77. The van der Waals surface area contributed by atoms with Gasteiger partial charge in [0.05, 0.1) is 10.5 Å². The summed E-state index contributed by atoms with van der Waals surface area (Å²) in [5.41, 5.74) is 1.46. The SMILES string of the molecule is Cc1sc(/N=C/c2cc([N+](=O)[O-])ccc2O)c(C#N)c1C. The molecule has 6 nitrogen and oxygen atoms in total. The minimum atomic E-state index is -0.545. The van der Waals surface area contributed by atoms with E-state index in [4.69, 9.17) is 5.26 Å². The second kappa shape index (κ2) is 5.73. The van der Waals surface area contributed by atoms with Crippen LogP contribution in [0.1, 0.15) is 21.6 Å². The van der Waals surface area contributed by atoms with Gasteiger partial charge in [-0.1, -0.05) is 0 Å². The maximum absolute atomic E-state index is 10.7. The molecule has 0 bridgehead atoms. The lowest BCUT2D eigenvalue weighted by Crippen LogP contribution is -1.90. The number of phenolic OH excluding ortho intramolecular Hbond substituents is 1. The van der Waals surface area contributed by atoms with Crippen molar-refractivity contribution in [2.75, 3.05) is 0 Å². The Labute approximate surface area is 124 Å². The molecule has 0 radical (unpaired) electrons. The Morgan fingerprint density at radius 1 is 1.48 bits per heavy atom. The predicted molar refractivity (Wildman–Crippen MR) is 80.5 cm³/mol. The zero-order valence-electron chi connectivity index (χ0n) is 11.3. The lowest BCUT2D eigenvalue weighted by Gasteiger charge is -1.98. The number of thiophene rings is 1. The molecule has 0 aliphatic carbocycles. The zero-order valence-corrected chi connectivity index (χ0v) is 12.1. The number of nitrogens with zero attached hydrogens (tertiary/aromatic N) is 3. The minimum Gasteiger partial charge on any atom is -0.507 e. The van der Waals surface area contributed by atoms with Gasteiger partial charge in [0.15, 0.2) is 0 Å². The van der Waals surface area contributed by atoms with Crippen molar-refractivity contribution in [3.8, 4) is 11.8 Å². The van der Waals surface area contributed by atoms with E-state index in [1.54, 1.807) is 0 Å². The van der Waals surface area contributed by atoms with E-state index < -0.39 is 4.92 Å². The Morgan fingerprint density at radius 3 is 2.81 bits per heavy atom. The summed E-state index contributed by atoms with van der Waals surface area (Å²) in [5.74, 6) is -0.104. The van der Waals surface area contributed by atoms with E-state index in [0.29, 0.717) is 10.6 Å². The summed E-state index contributed by atoms with van der Waals surface area (Å²) in [5, 5.41) is 30.1. The van der Waals surface area contributed by atoms with Crippen molar-refractivity contribution in [1.82, 2.24) is 0 Å². The summed E-state index contributed by atoms with van der Waals surface area (Å²) in [4.78, 5) is 15.3. The van der Waals surface area contributed by atoms with E-state index in [2.05, 4.69) is 11.1 Å². The molecule has 2 aromatic rings. The third-order valence-electron chi connectivity index (χ3n) is 3.02. The quantitative estimate of drug-likeness (QED) is 0.531. The van der Waals surface area contributed by atoms with Gasteiger partial charge in [0.1, 0.15) is 16.8 Å². The molecule has 2 rings (SSSR count). The van der Waals surface area contributed by atoms with Crippen LogP contribution in [0.4, 0.5) is 10.7 Å². The van der Waals surface area contributed by atoms with Crippen molar-refractivity contribution in [2.45, 2.75) is 13.8 Å². The first kappa shape index (κ1) is 14.7. The van der Waals surface area contributed by atoms with Gasteiger partial charge in [-0.15, -0.1) is 11.3 Å². The maximum atomic E-state index is 10.7. The molecule has 0 saturated carbocycles. The second-order valence-electron chi connectivity index (χ2n) is 4.33. The highest BCUT2D eigenvalue weighted by Gasteiger charge is 2.12. The molecule has 1 N–H and O–H groups in total. The fourth-order valence-electron chi connectivity index (χ4n) is 1.72. The molecule has 0 amide bonds. The van der Waals surface area contributed by atoms with E-state index >= 15 is 0 Å². The highest BCUT2D eigenvalue weighted by Crippen LogP contribution is 2.34. The van der Waals surface area contributed by atoms with Crippen LogP contribution in [-0.2, 0) is 0 Å². The van der Waals surface area contributed by atoms with Crippen LogP contribution < -0.4 is 0 Å². The third kappa shape index (κ3) is 2.90. The standard InChI is InChI=1S/C14H11N3O3S/c1-8-9(2)21-14(12(8)6-15)16-7-10-5-11(17(19)20)3-4-13(10)18/h3-5,7,18H,1-2H3/b16-7+. The Kier molecular flexibility index (Phi) is 4.00. The lowest BCUT2D eigenvalue weighted by molar-refractivity contribution is -0.384. The average molecular weight is 301 g/mol. The van der Waals surface area contributed by atoms with Crippen LogP contribution in [-0.4, -0.2) is 16.2 Å². The molecule has 0 fully saturated rings. The van der Waals surface area contributed by atoms with Crippen LogP contribution in [0.3, 0.4) is 0 Å². The number of aryl methyl sites for hydroxylation is 1. The second-order valence-corrected chi connectivity index (χ2v) is 5.54. The molecule has 0 unspecified atom stereocenters. The third-order valence-corrected chi connectivity index (χ3v) is 4.14. The lowest BCUT2D eigenvalue weighted by atomic mass is 10.2. The summed E-state index contributed by atoms with van der Waals surface area (Å²) in [7, 11) is 0. The number of nitriles is 1. The molecular weight excluding hydrogens is 290 g/mol. The number of rotatable bonds is 3. The Hall–Kier alpha value is -2.72. The van der Waals surface area contributed by atoms with Crippen LogP contribution in [0, 0.1) is 35.3 Å². The van der Waals surface area contributed by atoms with Crippen LogP contribution in [0.25, 0.3) is 0 Å². The Bertz CT molecular complexity index is 787. The van der Waals surface area contributed by atoms with Crippen LogP contribution in [0.5, 0.6) is 5.75 Å². The van der Waals surface area contributed by atoms with Crippen molar-refractivity contribution in [3.63, 3.8) is 0 Å². The van der Waals surface area contributed by atoms with Gasteiger partial charge < -0.3 is 5.11 Å². The van der Waals surface area contributed by atoms with Crippen molar-refractivity contribution in [3.05, 3.63) is 49.9 Å². The molecule has 21 heavy (non-hydrogen) atoms. The highest BCUT2D eigenvalue weighted by atomic mass is 32.1. The maximum Gasteiger partial charge on any atom is 0.270 e. The molecule has 1 aromatic carbocycles. The van der Waals surface area contributed by atoms with Gasteiger partial charge in [-0.3, -0.25) is 10.1 Å². The topological polar surface area (TPSA) is 99.5 Å². The van der Waals surface area contributed by atoms with Gasteiger partial charge in [0.2, 0.25) is 0 Å². The molecule has 1 heterocycles. The van der Waals surface area contributed by atoms with Crippen molar-refractivity contribution >= 4 is 28.2 Å². The van der Waals surface area contributed by atoms with E-state index in [1.807, 2.05) is 13.8 Å². The summed E-state index contributed by atoms with van der Waals surface area (Å²) in [6.45, 7) is 3.74. The molecule has 0 saturated heterocycles. The first-order valence-electron chi connectivity index (χ1n) is 5.95. The van der Waals surface area contributed by atoms with Crippen molar-refractivity contribution < 1.29 is 10.0 Å². The number of hydrogen-bond donors (Lipinski definition) is 1. The number of hydrogen-bond acceptors (Lipinski definition) is 6. The summed E-state index contributed by atoms with van der Waals surface area (Å²) in [6, 6.07) is 5.79. The normalized spacial score (nSPS) is 10.7. The van der Waals surface area contributed by atoms with Crippen LogP contribution in [0.15, 0.2) is 23.2 Å². The monoisotopic (exact) mass is 301 g/mol. The Balaban J connectivity index is 2.43. The zero-order chi connectivity index (χ0) is 15.6. The molecule has 7 heteroatoms. The molecule has 0 spiro atoms. The number of phenols is 1. The van der Waals surface area contributed by atoms with Gasteiger partial charge in [-0.25, -0.2) is 4.99 Å². The molecule has 106 valence electrons. The molecule has 0 aliphatic heterocycles. The van der Waals surface area contributed by atoms with E-state index in [1.165, 1.54) is 35.8 Å². The number of aromatic hydroxyl groups is 1. The first-order chi connectivity index (χ1) is 9.93. The molecule has 0 aliphatic rings. The number of non-ortho nitro benzene ring substituents is 1. The number of benzene rings is 1. The molecular formula is C14H11N3O3S. The van der Waals surface area contributed by atoms with Gasteiger partial charge in [-0.05, 0) is 25.5 Å². The largest absolute Gasteiger partial charge is 0.507 e. The Morgan fingerprint density at radius 2 is 2.19 bits per heavy atom. The number of aliphatic imine (C=N–C) groups is 1. The number of nitro benzene ring substituents is 1. The van der Waals surface area contributed by atoms with Gasteiger partial charge >= 0.3 is 0 Å². The van der Waals surface area contributed by atoms with Gasteiger partial charge in [0.25, 0.3) is 5.69 Å². The average Bonchev–Trinajstić information content (AvgIpc) is 2.72. The van der Waals surface area contributed by atoms with Crippen molar-refractivity contribution in [2.24, 2.45) is 4.99 Å². The van der Waals surface area contributed by atoms with Crippen molar-refractivity contribution in [1.29, 1.82) is 5.26 Å². The van der Waals surface area contributed by atoms with Crippen LogP contribution in [0.2, 0.25) is 0 Å². The number of nitro groups is 1. The summed E-state index contributed by atoms with van der Waals surface area (Å²) >= 11 is 1.37. The molecule has 0 atom stereocenters. The van der Waals surface area contributed by atoms with E-state index in [0.717, 1.165) is 10.4 Å². The van der Waals surface area contributed by atoms with E-state index in [-0.39, 0.29) is 17.0 Å². The fourth-order valence-corrected chi connectivity index (χ4v) is 2.67. The smallest absolute Gasteiger partial charge is 0.270 e. The van der Waals surface area contributed by atoms with Crippen LogP contribution >= 0.6 is 11.3 Å². The van der Waals surface area contributed by atoms with Gasteiger partial charge in [0, 0.05) is 28.8 Å². The predicted octanol–water partition coefficient (Wildman–Crippen LogP) is 3.60. The fraction of sp³-hybridized carbons (Fsp3) is 0.143. The minimum absolute atomic E-state index is 0.104. The summed E-state index contributed by atoms with van der Waals surface area (Å²) < 4.78 is 0. The van der Waals surface area contributed by atoms with E-state index in [9.17, 15) is 15.2 Å². The highest BCUT2D eigenvalue weighted by molar-refractivity contribution is 7.16.